The molecule has 1 aliphatic heterocycles. The minimum Gasteiger partial charge on any atom is -0.492 e. The van der Waals surface area contributed by atoms with E-state index >= 15 is 0 Å². The van der Waals surface area contributed by atoms with Crippen LogP contribution in [0, 0.1) is 12.8 Å². The summed E-state index contributed by atoms with van der Waals surface area (Å²) in [6, 6.07) is 7.98. The number of rotatable bonds is 5. The van der Waals surface area contributed by atoms with Crippen LogP contribution < -0.4 is 10.1 Å². The Labute approximate surface area is 121 Å². The number of nitrogens with one attached hydrogen (secondary N) is 1. The van der Waals surface area contributed by atoms with Gasteiger partial charge >= 0.3 is 0 Å². The third-order valence-corrected chi connectivity index (χ3v) is 3.78. The number of likely N-dealkylation sites (N-methyl/N-ethyl adjacent to an activating group) is 1. The van der Waals surface area contributed by atoms with Crippen molar-refractivity contribution in [2.24, 2.45) is 5.92 Å². The van der Waals surface area contributed by atoms with E-state index in [9.17, 15) is 4.79 Å². The van der Waals surface area contributed by atoms with Crippen LogP contribution in [-0.4, -0.2) is 44.1 Å². The van der Waals surface area contributed by atoms with Gasteiger partial charge in [0.05, 0.1) is 6.54 Å². The Hall–Kier alpha value is -1.55. The molecule has 1 heterocycles. The molecule has 1 fully saturated rings. The first-order chi connectivity index (χ1) is 9.66. The SMILES string of the molecule is Cc1ccc(OCCN(C)C(=O)C2CCNCC2)cc1. The maximum Gasteiger partial charge on any atom is 0.225 e. The van der Waals surface area contributed by atoms with E-state index in [2.05, 4.69) is 12.2 Å². The van der Waals surface area contributed by atoms with Gasteiger partial charge in [-0.15, -0.1) is 0 Å². The first-order valence-corrected chi connectivity index (χ1v) is 7.32. The number of aryl methyl sites for hydroxylation is 1. The number of benzene rings is 1. The predicted octanol–water partition coefficient (Wildman–Crippen LogP) is 1.83. The smallest absolute Gasteiger partial charge is 0.225 e. The molecule has 0 saturated carbocycles. The predicted molar refractivity (Wildman–Crippen MR) is 79.9 cm³/mol. The molecular formula is C16H24N2O2. The van der Waals surface area contributed by atoms with Crippen LogP contribution in [0.4, 0.5) is 0 Å². The fourth-order valence-corrected chi connectivity index (χ4v) is 2.43. The molecule has 0 unspecified atom stereocenters. The Morgan fingerprint density at radius 1 is 1.30 bits per heavy atom. The molecule has 0 atom stereocenters. The third kappa shape index (κ3) is 4.23. The molecule has 4 heteroatoms. The highest BCUT2D eigenvalue weighted by molar-refractivity contribution is 5.78. The van der Waals surface area contributed by atoms with Gasteiger partial charge in [0.25, 0.3) is 0 Å². The molecule has 0 bridgehead atoms. The minimum absolute atomic E-state index is 0.181. The van der Waals surface area contributed by atoms with E-state index in [1.54, 1.807) is 4.90 Å². The molecule has 1 amide bonds. The van der Waals surface area contributed by atoms with Crippen molar-refractivity contribution in [1.82, 2.24) is 10.2 Å². The highest BCUT2D eigenvalue weighted by Gasteiger charge is 2.23. The van der Waals surface area contributed by atoms with Crippen LogP contribution in [0.15, 0.2) is 24.3 Å². The summed E-state index contributed by atoms with van der Waals surface area (Å²) < 4.78 is 5.66. The summed E-state index contributed by atoms with van der Waals surface area (Å²) in [5.74, 6) is 1.29. The van der Waals surface area contributed by atoms with Crippen LogP contribution in [-0.2, 0) is 4.79 Å². The lowest BCUT2D eigenvalue weighted by Gasteiger charge is -2.26. The molecule has 1 saturated heterocycles. The van der Waals surface area contributed by atoms with E-state index in [4.69, 9.17) is 4.74 Å². The molecule has 2 rings (SSSR count). The van der Waals surface area contributed by atoms with E-state index in [0.29, 0.717) is 13.2 Å². The Balaban J connectivity index is 1.72. The second kappa shape index (κ2) is 7.29. The van der Waals surface area contributed by atoms with Crippen LogP contribution in [0.2, 0.25) is 0 Å². The first kappa shape index (κ1) is 14.9. The summed E-state index contributed by atoms with van der Waals surface area (Å²) in [7, 11) is 1.86. The molecule has 110 valence electrons. The second-order valence-electron chi connectivity index (χ2n) is 5.45. The zero-order valence-corrected chi connectivity index (χ0v) is 12.4. The lowest BCUT2D eigenvalue weighted by atomic mass is 9.97. The monoisotopic (exact) mass is 276 g/mol. The Bertz CT molecular complexity index is 425. The minimum atomic E-state index is 0.181. The molecule has 0 aliphatic carbocycles. The number of hydrogen-bond donors (Lipinski definition) is 1. The van der Waals surface area contributed by atoms with Gasteiger partial charge in [-0.05, 0) is 45.0 Å². The van der Waals surface area contributed by atoms with Crippen molar-refractivity contribution in [1.29, 1.82) is 0 Å². The van der Waals surface area contributed by atoms with E-state index in [0.717, 1.165) is 31.7 Å². The van der Waals surface area contributed by atoms with Crippen LogP contribution in [0.1, 0.15) is 18.4 Å². The summed E-state index contributed by atoms with van der Waals surface area (Å²) in [6.07, 6.45) is 1.89. The maximum absolute atomic E-state index is 12.2. The fraction of sp³-hybridized carbons (Fsp3) is 0.562. The van der Waals surface area contributed by atoms with Crippen molar-refractivity contribution in [2.75, 3.05) is 33.3 Å². The van der Waals surface area contributed by atoms with Crippen molar-refractivity contribution in [2.45, 2.75) is 19.8 Å². The highest BCUT2D eigenvalue weighted by atomic mass is 16.5. The van der Waals surface area contributed by atoms with Gasteiger partial charge in [0.15, 0.2) is 0 Å². The van der Waals surface area contributed by atoms with Gasteiger partial charge in [0, 0.05) is 13.0 Å². The Kier molecular flexibility index (Phi) is 5.41. The standard InChI is InChI=1S/C16H24N2O2/c1-13-3-5-15(6-4-13)20-12-11-18(2)16(19)14-7-9-17-10-8-14/h3-6,14,17H,7-12H2,1-2H3. The number of amides is 1. The lowest BCUT2D eigenvalue weighted by Crippen LogP contribution is -2.40. The second-order valence-corrected chi connectivity index (χ2v) is 5.45. The number of piperidine rings is 1. The Morgan fingerprint density at radius 3 is 2.60 bits per heavy atom. The molecule has 1 aromatic carbocycles. The number of ether oxygens (including phenoxy) is 1. The van der Waals surface area contributed by atoms with Gasteiger partial charge in [-0.3, -0.25) is 4.79 Å². The van der Waals surface area contributed by atoms with E-state index in [1.165, 1.54) is 5.56 Å². The van der Waals surface area contributed by atoms with Gasteiger partial charge < -0.3 is 15.0 Å². The first-order valence-electron chi connectivity index (χ1n) is 7.32. The van der Waals surface area contributed by atoms with Crippen LogP contribution in [0.3, 0.4) is 0 Å². The number of hydrogen-bond acceptors (Lipinski definition) is 3. The van der Waals surface area contributed by atoms with Gasteiger partial charge in [0.1, 0.15) is 12.4 Å². The fourth-order valence-electron chi connectivity index (χ4n) is 2.43. The Morgan fingerprint density at radius 2 is 1.95 bits per heavy atom. The van der Waals surface area contributed by atoms with Gasteiger partial charge in [-0.1, -0.05) is 17.7 Å². The van der Waals surface area contributed by atoms with Crippen molar-refractivity contribution in [3.8, 4) is 5.75 Å². The van der Waals surface area contributed by atoms with Crippen molar-refractivity contribution in [3.05, 3.63) is 29.8 Å². The molecule has 4 nitrogen and oxygen atoms in total. The van der Waals surface area contributed by atoms with Gasteiger partial charge in [0.2, 0.25) is 5.91 Å². The molecule has 0 spiro atoms. The van der Waals surface area contributed by atoms with Gasteiger partial charge in [-0.2, -0.15) is 0 Å². The van der Waals surface area contributed by atoms with Crippen molar-refractivity contribution < 1.29 is 9.53 Å². The third-order valence-electron chi connectivity index (χ3n) is 3.78. The topological polar surface area (TPSA) is 41.6 Å². The van der Waals surface area contributed by atoms with E-state index in [1.807, 2.05) is 31.3 Å². The zero-order chi connectivity index (χ0) is 14.4. The van der Waals surface area contributed by atoms with Crippen LogP contribution >= 0.6 is 0 Å². The summed E-state index contributed by atoms with van der Waals surface area (Å²) >= 11 is 0. The molecule has 1 N–H and O–H groups in total. The summed E-state index contributed by atoms with van der Waals surface area (Å²) in [5.41, 5.74) is 1.22. The maximum atomic E-state index is 12.2. The van der Waals surface area contributed by atoms with Crippen LogP contribution in [0.25, 0.3) is 0 Å². The summed E-state index contributed by atoms with van der Waals surface area (Å²) in [4.78, 5) is 14.0. The molecule has 0 aromatic heterocycles. The largest absolute Gasteiger partial charge is 0.492 e. The molecule has 1 aliphatic rings. The molecule has 20 heavy (non-hydrogen) atoms. The highest BCUT2D eigenvalue weighted by Crippen LogP contribution is 2.15. The number of nitrogens with zero attached hydrogens (tertiary/aromatic N) is 1. The quantitative estimate of drug-likeness (QED) is 0.892. The van der Waals surface area contributed by atoms with Crippen LogP contribution in [0.5, 0.6) is 5.75 Å². The van der Waals surface area contributed by atoms with Gasteiger partial charge in [-0.25, -0.2) is 0 Å². The van der Waals surface area contributed by atoms with E-state index < -0.39 is 0 Å². The van der Waals surface area contributed by atoms with Crippen molar-refractivity contribution in [3.63, 3.8) is 0 Å². The zero-order valence-electron chi connectivity index (χ0n) is 12.4. The number of carbonyl (C=O) groups is 1. The lowest BCUT2D eigenvalue weighted by molar-refractivity contribution is -0.135. The number of carbonyl (C=O) groups excluding carboxylic acids is 1. The van der Waals surface area contributed by atoms with E-state index in [-0.39, 0.29) is 11.8 Å². The summed E-state index contributed by atoms with van der Waals surface area (Å²) in [5, 5.41) is 3.28. The molecule has 1 aromatic rings. The average Bonchev–Trinajstić information content (AvgIpc) is 2.49. The average molecular weight is 276 g/mol. The molecule has 0 radical (unpaired) electrons. The normalized spacial score (nSPS) is 15.9. The molecular weight excluding hydrogens is 252 g/mol. The van der Waals surface area contributed by atoms with Crippen molar-refractivity contribution >= 4 is 5.91 Å². The summed E-state index contributed by atoms with van der Waals surface area (Å²) in [6.45, 7) is 5.12.